The topological polar surface area (TPSA) is 55.1 Å². The first-order valence-electron chi connectivity index (χ1n) is 5.33. The summed E-state index contributed by atoms with van der Waals surface area (Å²) < 4.78 is 5.03. The van der Waals surface area contributed by atoms with Crippen molar-refractivity contribution in [2.45, 2.75) is 40.0 Å². The van der Waals surface area contributed by atoms with Crippen LogP contribution in [0.15, 0.2) is 4.52 Å². The van der Waals surface area contributed by atoms with Gasteiger partial charge in [0.2, 0.25) is 5.91 Å². The third kappa shape index (κ3) is 3.38. The van der Waals surface area contributed by atoms with Crippen LogP contribution in [-0.2, 0) is 11.2 Å². The monoisotopic (exact) mass is 210 g/mol. The van der Waals surface area contributed by atoms with Crippen LogP contribution < -0.4 is 5.32 Å². The lowest BCUT2D eigenvalue weighted by Gasteiger charge is -2.02. The van der Waals surface area contributed by atoms with E-state index in [1.165, 1.54) is 0 Å². The van der Waals surface area contributed by atoms with Crippen molar-refractivity contribution in [3.8, 4) is 0 Å². The van der Waals surface area contributed by atoms with Gasteiger partial charge in [0.25, 0.3) is 0 Å². The fourth-order valence-electron chi connectivity index (χ4n) is 1.45. The molecule has 0 aromatic carbocycles. The molecule has 1 aromatic rings. The Balaban J connectivity index is 2.40. The summed E-state index contributed by atoms with van der Waals surface area (Å²) >= 11 is 0. The zero-order chi connectivity index (χ0) is 11.3. The molecule has 84 valence electrons. The Morgan fingerprint density at radius 1 is 1.47 bits per heavy atom. The fourth-order valence-corrected chi connectivity index (χ4v) is 1.45. The lowest BCUT2D eigenvalue weighted by molar-refractivity contribution is -0.121. The molecule has 1 rings (SSSR count). The minimum absolute atomic E-state index is 0.0943. The van der Waals surface area contributed by atoms with E-state index in [1.54, 1.807) is 0 Å². The van der Waals surface area contributed by atoms with Gasteiger partial charge in [0.05, 0.1) is 5.69 Å². The number of rotatable bonds is 5. The first-order chi connectivity index (χ1) is 7.15. The summed E-state index contributed by atoms with van der Waals surface area (Å²) in [5, 5.41) is 6.69. The maximum absolute atomic E-state index is 11.4. The minimum atomic E-state index is 0.0943. The van der Waals surface area contributed by atoms with Crippen LogP contribution >= 0.6 is 0 Å². The normalized spacial score (nSPS) is 10.3. The van der Waals surface area contributed by atoms with E-state index in [2.05, 4.69) is 10.5 Å². The first kappa shape index (κ1) is 11.8. The third-order valence-electron chi connectivity index (χ3n) is 2.36. The van der Waals surface area contributed by atoms with Crippen LogP contribution in [0.2, 0.25) is 0 Å². The van der Waals surface area contributed by atoms with Crippen molar-refractivity contribution in [2.24, 2.45) is 0 Å². The fraction of sp³-hybridized carbons (Fsp3) is 0.636. The zero-order valence-corrected chi connectivity index (χ0v) is 9.59. The standard InChI is InChI=1S/C11H18N2O2/c1-4-7-12-11(14)6-5-10-8(2)13-15-9(10)3/h4-7H2,1-3H3,(H,12,14). The van der Waals surface area contributed by atoms with E-state index < -0.39 is 0 Å². The number of nitrogens with zero attached hydrogens (tertiary/aromatic N) is 1. The summed E-state index contributed by atoms with van der Waals surface area (Å²) in [6.07, 6.45) is 2.18. The molecule has 0 radical (unpaired) electrons. The van der Waals surface area contributed by atoms with Gasteiger partial charge in [-0.2, -0.15) is 0 Å². The molecule has 0 fully saturated rings. The van der Waals surface area contributed by atoms with Gasteiger partial charge >= 0.3 is 0 Å². The summed E-state index contributed by atoms with van der Waals surface area (Å²) in [6.45, 7) is 6.56. The van der Waals surface area contributed by atoms with Crippen molar-refractivity contribution in [1.82, 2.24) is 10.5 Å². The number of carbonyl (C=O) groups is 1. The number of aromatic nitrogens is 1. The molecule has 0 aliphatic rings. The lowest BCUT2D eigenvalue weighted by atomic mass is 10.1. The van der Waals surface area contributed by atoms with E-state index in [1.807, 2.05) is 20.8 Å². The Labute approximate surface area is 90.0 Å². The highest BCUT2D eigenvalue weighted by molar-refractivity contribution is 5.76. The van der Waals surface area contributed by atoms with Crippen LogP contribution in [0.3, 0.4) is 0 Å². The number of hydrogen-bond acceptors (Lipinski definition) is 3. The molecule has 0 unspecified atom stereocenters. The van der Waals surface area contributed by atoms with Crippen LogP contribution in [-0.4, -0.2) is 17.6 Å². The van der Waals surface area contributed by atoms with E-state index in [-0.39, 0.29) is 5.91 Å². The van der Waals surface area contributed by atoms with Gasteiger partial charge in [0, 0.05) is 18.5 Å². The molecule has 0 spiro atoms. The number of nitrogens with one attached hydrogen (secondary N) is 1. The maximum Gasteiger partial charge on any atom is 0.220 e. The third-order valence-corrected chi connectivity index (χ3v) is 2.36. The Kier molecular flexibility index (Phi) is 4.34. The largest absolute Gasteiger partial charge is 0.361 e. The molecule has 0 bridgehead atoms. The number of carbonyl (C=O) groups excluding carboxylic acids is 1. The van der Waals surface area contributed by atoms with Gasteiger partial charge < -0.3 is 9.84 Å². The summed E-state index contributed by atoms with van der Waals surface area (Å²) in [6, 6.07) is 0. The lowest BCUT2D eigenvalue weighted by Crippen LogP contribution is -2.24. The first-order valence-corrected chi connectivity index (χ1v) is 5.33. The minimum Gasteiger partial charge on any atom is -0.361 e. The highest BCUT2D eigenvalue weighted by atomic mass is 16.5. The molecule has 1 amide bonds. The van der Waals surface area contributed by atoms with Crippen LogP contribution in [0.25, 0.3) is 0 Å². The number of hydrogen-bond donors (Lipinski definition) is 1. The van der Waals surface area contributed by atoms with Gasteiger partial charge in [-0.15, -0.1) is 0 Å². The SMILES string of the molecule is CCCNC(=O)CCc1c(C)noc1C. The summed E-state index contributed by atoms with van der Waals surface area (Å²) in [4.78, 5) is 11.4. The second kappa shape index (κ2) is 5.53. The molecule has 1 heterocycles. The molecule has 4 nitrogen and oxygen atoms in total. The Morgan fingerprint density at radius 2 is 2.20 bits per heavy atom. The Bertz CT molecular complexity index is 312. The Hall–Kier alpha value is -1.32. The van der Waals surface area contributed by atoms with Gasteiger partial charge in [-0.05, 0) is 26.7 Å². The average molecular weight is 210 g/mol. The summed E-state index contributed by atoms with van der Waals surface area (Å²) in [5.41, 5.74) is 1.94. The molecule has 15 heavy (non-hydrogen) atoms. The van der Waals surface area contributed by atoms with Crippen LogP contribution in [0, 0.1) is 13.8 Å². The number of amides is 1. The average Bonchev–Trinajstić information content (AvgIpc) is 2.53. The predicted octanol–water partition coefficient (Wildman–Crippen LogP) is 1.75. The van der Waals surface area contributed by atoms with Crippen LogP contribution in [0.1, 0.15) is 36.8 Å². The van der Waals surface area contributed by atoms with Crippen molar-refractivity contribution < 1.29 is 9.32 Å². The van der Waals surface area contributed by atoms with Gasteiger partial charge in [-0.25, -0.2) is 0 Å². The van der Waals surface area contributed by atoms with Gasteiger partial charge in [0.15, 0.2) is 0 Å². The molecule has 0 saturated carbocycles. The van der Waals surface area contributed by atoms with E-state index in [0.717, 1.165) is 30.0 Å². The van der Waals surface area contributed by atoms with E-state index >= 15 is 0 Å². The van der Waals surface area contributed by atoms with Crippen LogP contribution in [0.4, 0.5) is 0 Å². The molecule has 0 aliphatic carbocycles. The van der Waals surface area contributed by atoms with E-state index in [0.29, 0.717) is 12.8 Å². The van der Waals surface area contributed by atoms with Gasteiger partial charge in [0.1, 0.15) is 5.76 Å². The molecular weight excluding hydrogens is 192 g/mol. The predicted molar refractivity (Wildman–Crippen MR) is 57.6 cm³/mol. The van der Waals surface area contributed by atoms with Crippen LogP contribution in [0.5, 0.6) is 0 Å². The van der Waals surface area contributed by atoms with Gasteiger partial charge in [-0.3, -0.25) is 4.79 Å². The quantitative estimate of drug-likeness (QED) is 0.805. The van der Waals surface area contributed by atoms with Crippen molar-refractivity contribution >= 4 is 5.91 Å². The molecule has 0 atom stereocenters. The highest BCUT2D eigenvalue weighted by Gasteiger charge is 2.10. The molecule has 0 saturated heterocycles. The molecule has 1 aromatic heterocycles. The van der Waals surface area contributed by atoms with Crippen molar-refractivity contribution in [3.63, 3.8) is 0 Å². The highest BCUT2D eigenvalue weighted by Crippen LogP contribution is 2.13. The summed E-state index contributed by atoms with van der Waals surface area (Å²) in [5.74, 6) is 0.910. The second-order valence-electron chi connectivity index (χ2n) is 3.65. The van der Waals surface area contributed by atoms with Crippen molar-refractivity contribution in [3.05, 3.63) is 17.0 Å². The molecule has 1 N–H and O–H groups in total. The Morgan fingerprint density at radius 3 is 2.73 bits per heavy atom. The van der Waals surface area contributed by atoms with Crippen molar-refractivity contribution in [2.75, 3.05) is 6.54 Å². The maximum atomic E-state index is 11.4. The second-order valence-corrected chi connectivity index (χ2v) is 3.65. The smallest absolute Gasteiger partial charge is 0.220 e. The molecule has 4 heteroatoms. The zero-order valence-electron chi connectivity index (χ0n) is 9.59. The number of aryl methyl sites for hydroxylation is 2. The van der Waals surface area contributed by atoms with Gasteiger partial charge in [-0.1, -0.05) is 12.1 Å². The molecular formula is C11H18N2O2. The van der Waals surface area contributed by atoms with E-state index in [9.17, 15) is 4.79 Å². The molecule has 0 aliphatic heterocycles. The summed E-state index contributed by atoms with van der Waals surface area (Å²) in [7, 11) is 0. The van der Waals surface area contributed by atoms with E-state index in [4.69, 9.17) is 4.52 Å². The van der Waals surface area contributed by atoms with Crippen molar-refractivity contribution in [1.29, 1.82) is 0 Å².